The number of halogens is 4. The van der Waals surface area contributed by atoms with Crippen LogP contribution in [0.4, 0.5) is 13.2 Å². The number of benzene rings is 2. The highest BCUT2D eigenvalue weighted by atomic mass is 35.5. The quantitative estimate of drug-likeness (QED) is 0.746. The van der Waals surface area contributed by atoms with Crippen LogP contribution < -0.4 is 0 Å². The summed E-state index contributed by atoms with van der Waals surface area (Å²) in [5, 5.41) is 7.72. The Morgan fingerprint density at radius 3 is 2.16 bits per heavy atom. The Kier molecular flexibility index (Phi) is 6.13. The molecular formula is C17H16ClF3O3S. The fourth-order valence-corrected chi connectivity index (χ4v) is 4.88. The maximum Gasteiger partial charge on any atom is 0.185 e. The fraction of sp³-hybridized carbons (Fsp3) is 0.294. The first kappa shape index (κ1) is 19.8. The first-order chi connectivity index (χ1) is 11.7. The van der Waals surface area contributed by atoms with Crippen LogP contribution in [-0.4, -0.2) is 20.1 Å². The largest absolute Gasteiger partial charge is 0.396 e. The van der Waals surface area contributed by atoms with Gasteiger partial charge in [0.15, 0.2) is 21.5 Å². The summed E-state index contributed by atoms with van der Waals surface area (Å²) in [6.07, 6.45) is -0.0348. The Labute approximate surface area is 149 Å². The molecule has 0 heterocycles. The molecule has 2 aromatic rings. The number of hydrogen-bond acceptors (Lipinski definition) is 3. The van der Waals surface area contributed by atoms with Crippen molar-refractivity contribution in [2.45, 2.75) is 23.5 Å². The summed E-state index contributed by atoms with van der Waals surface area (Å²) in [5.41, 5.74) is -0.865. The van der Waals surface area contributed by atoms with Crippen LogP contribution >= 0.6 is 11.6 Å². The molecule has 2 rings (SSSR count). The van der Waals surface area contributed by atoms with Gasteiger partial charge < -0.3 is 5.11 Å². The number of aliphatic hydroxyl groups excluding tert-OH is 1. The van der Waals surface area contributed by atoms with Gasteiger partial charge in [-0.25, -0.2) is 21.6 Å². The van der Waals surface area contributed by atoms with Crippen molar-refractivity contribution in [1.29, 1.82) is 0 Å². The summed E-state index contributed by atoms with van der Waals surface area (Å²) < 4.78 is 68.1. The Morgan fingerprint density at radius 1 is 1.04 bits per heavy atom. The Bertz CT molecular complexity index is 854. The lowest BCUT2D eigenvalue weighted by molar-refractivity contribution is 0.258. The molecule has 3 nitrogen and oxygen atoms in total. The van der Waals surface area contributed by atoms with E-state index in [0.29, 0.717) is 17.2 Å². The van der Waals surface area contributed by atoms with Gasteiger partial charge in [-0.05, 0) is 48.7 Å². The van der Waals surface area contributed by atoms with E-state index in [4.69, 9.17) is 16.7 Å². The van der Waals surface area contributed by atoms with Gasteiger partial charge in [0.2, 0.25) is 0 Å². The van der Waals surface area contributed by atoms with E-state index >= 15 is 0 Å². The van der Waals surface area contributed by atoms with E-state index in [-0.39, 0.29) is 17.9 Å². The van der Waals surface area contributed by atoms with Crippen LogP contribution in [0.1, 0.15) is 24.2 Å². The molecule has 25 heavy (non-hydrogen) atoms. The lowest BCUT2D eigenvalue weighted by Gasteiger charge is -2.25. The van der Waals surface area contributed by atoms with Crippen LogP contribution in [0.25, 0.3) is 0 Å². The molecule has 1 N–H and O–H groups in total. The molecule has 2 unspecified atom stereocenters. The third-order valence-corrected chi connectivity index (χ3v) is 6.49. The Hall–Kier alpha value is -1.57. The molecule has 0 aliphatic carbocycles. The molecule has 0 radical (unpaired) electrons. The van der Waals surface area contributed by atoms with Crippen LogP contribution in [0.3, 0.4) is 0 Å². The first-order valence-electron chi connectivity index (χ1n) is 7.43. The van der Waals surface area contributed by atoms with Crippen molar-refractivity contribution in [3.05, 3.63) is 64.4 Å². The average Bonchev–Trinajstić information content (AvgIpc) is 2.55. The topological polar surface area (TPSA) is 54.4 Å². The predicted molar refractivity (Wildman–Crippen MR) is 88.6 cm³/mol. The molecular weight excluding hydrogens is 377 g/mol. The summed E-state index contributed by atoms with van der Waals surface area (Å²) in [4.78, 5) is -0.199. The zero-order valence-corrected chi connectivity index (χ0v) is 14.8. The van der Waals surface area contributed by atoms with Crippen molar-refractivity contribution in [3.63, 3.8) is 0 Å². The van der Waals surface area contributed by atoms with Crippen LogP contribution in [0, 0.1) is 23.4 Å². The fourth-order valence-electron chi connectivity index (χ4n) is 2.67. The Balaban J connectivity index is 2.70. The Morgan fingerprint density at radius 2 is 1.60 bits per heavy atom. The van der Waals surface area contributed by atoms with Gasteiger partial charge >= 0.3 is 0 Å². The summed E-state index contributed by atoms with van der Waals surface area (Å²) in [7, 11) is -4.27. The zero-order chi connectivity index (χ0) is 18.8. The van der Waals surface area contributed by atoms with Gasteiger partial charge in [0, 0.05) is 17.2 Å². The molecule has 136 valence electrons. The molecule has 0 aliphatic rings. The molecule has 8 heteroatoms. The van der Waals surface area contributed by atoms with Crippen LogP contribution in [0.15, 0.2) is 41.3 Å². The molecule has 0 fully saturated rings. The average molecular weight is 393 g/mol. The summed E-state index contributed by atoms with van der Waals surface area (Å²) in [5.74, 6) is -4.92. The molecule has 0 aromatic heterocycles. The minimum absolute atomic E-state index is 0.0348. The molecule has 0 amide bonds. The maximum atomic E-state index is 14.3. The van der Waals surface area contributed by atoms with Gasteiger partial charge in [0.05, 0.1) is 10.1 Å². The van der Waals surface area contributed by atoms with Gasteiger partial charge in [-0.1, -0.05) is 18.5 Å². The van der Waals surface area contributed by atoms with Gasteiger partial charge in [-0.15, -0.1) is 0 Å². The van der Waals surface area contributed by atoms with Gasteiger partial charge in [0.25, 0.3) is 0 Å². The van der Waals surface area contributed by atoms with E-state index in [1.807, 2.05) is 0 Å². The number of rotatable bonds is 6. The molecule has 2 aromatic carbocycles. The smallest absolute Gasteiger partial charge is 0.185 e. The van der Waals surface area contributed by atoms with E-state index < -0.39 is 44.0 Å². The summed E-state index contributed by atoms with van der Waals surface area (Å²) in [6.45, 7) is 1.05. The van der Waals surface area contributed by atoms with Crippen LogP contribution in [0.5, 0.6) is 0 Å². The van der Waals surface area contributed by atoms with Crippen molar-refractivity contribution in [1.82, 2.24) is 0 Å². The van der Waals surface area contributed by atoms with Crippen molar-refractivity contribution >= 4 is 21.4 Å². The second-order valence-electron chi connectivity index (χ2n) is 5.67. The van der Waals surface area contributed by atoms with E-state index in [1.165, 1.54) is 31.2 Å². The van der Waals surface area contributed by atoms with Crippen LogP contribution in [0.2, 0.25) is 5.02 Å². The van der Waals surface area contributed by atoms with Gasteiger partial charge in [0.1, 0.15) is 5.82 Å². The van der Waals surface area contributed by atoms with Crippen molar-refractivity contribution < 1.29 is 26.7 Å². The third-order valence-electron chi connectivity index (χ3n) is 3.94. The standard InChI is InChI=1S/C17H16ClF3O3S/c1-10(8-9-22)17(15-13(19)6-7-14(20)16(15)21)25(23,24)12-4-2-11(18)3-5-12/h2-7,10,17,22H,8-9H2,1H3. The zero-order valence-electron chi connectivity index (χ0n) is 13.2. The van der Waals surface area contributed by atoms with Gasteiger partial charge in [-0.3, -0.25) is 0 Å². The second-order valence-corrected chi connectivity index (χ2v) is 8.17. The summed E-state index contributed by atoms with van der Waals surface area (Å²) >= 11 is 5.74. The van der Waals surface area contributed by atoms with Crippen molar-refractivity contribution in [3.8, 4) is 0 Å². The predicted octanol–water partition coefficient (Wildman–Crippen LogP) is 4.29. The molecule has 0 aliphatic heterocycles. The van der Waals surface area contributed by atoms with E-state index in [2.05, 4.69) is 0 Å². The first-order valence-corrected chi connectivity index (χ1v) is 9.36. The van der Waals surface area contributed by atoms with E-state index in [0.717, 1.165) is 0 Å². The third kappa shape index (κ3) is 3.99. The van der Waals surface area contributed by atoms with Crippen molar-refractivity contribution in [2.75, 3.05) is 6.61 Å². The highest BCUT2D eigenvalue weighted by Gasteiger charge is 2.38. The molecule has 0 spiro atoms. The van der Waals surface area contributed by atoms with E-state index in [9.17, 15) is 21.6 Å². The number of hydrogen-bond donors (Lipinski definition) is 1. The maximum absolute atomic E-state index is 14.3. The van der Waals surface area contributed by atoms with Crippen molar-refractivity contribution in [2.24, 2.45) is 5.92 Å². The van der Waals surface area contributed by atoms with E-state index in [1.54, 1.807) is 0 Å². The number of aliphatic hydroxyl groups is 1. The monoisotopic (exact) mass is 392 g/mol. The molecule has 0 saturated heterocycles. The molecule has 0 saturated carbocycles. The van der Waals surface area contributed by atoms with Gasteiger partial charge in [-0.2, -0.15) is 0 Å². The molecule has 2 atom stereocenters. The molecule has 0 bridgehead atoms. The highest BCUT2D eigenvalue weighted by molar-refractivity contribution is 7.91. The van der Waals surface area contributed by atoms with Crippen LogP contribution in [-0.2, 0) is 9.84 Å². The SMILES string of the molecule is CC(CCO)C(c1c(F)ccc(F)c1F)S(=O)(=O)c1ccc(Cl)cc1. The summed E-state index contributed by atoms with van der Waals surface area (Å²) in [6, 6.07) is 6.37. The normalized spacial score (nSPS) is 14.3. The minimum atomic E-state index is -4.27. The lowest BCUT2D eigenvalue weighted by Crippen LogP contribution is -2.24. The minimum Gasteiger partial charge on any atom is -0.396 e. The highest BCUT2D eigenvalue weighted by Crippen LogP contribution is 2.39. The number of sulfone groups is 1. The second kappa shape index (κ2) is 7.76. The lowest BCUT2D eigenvalue weighted by atomic mass is 9.96.